The first kappa shape index (κ1) is 23.1. The topological polar surface area (TPSA) is 87.1 Å². The minimum absolute atomic E-state index is 0.113. The molecule has 0 saturated carbocycles. The Morgan fingerprint density at radius 2 is 2.06 bits per heavy atom. The van der Waals surface area contributed by atoms with Gasteiger partial charge in [0.05, 0.1) is 23.0 Å². The molecule has 2 fully saturated rings. The van der Waals surface area contributed by atoms with Crippen LogP contribution in [0, 0.1) is 17.8 Å². The van der Waals surface area contributed by atoms with Crippen LogP contribution in [0.5, 0.6) is 5.75 Å². The highest BCUT2D eigenvalue weighted by Gasteiger charge is 2.55. The predicted octanol–water partition coefficient (Wildman–Crippen LogP) is 4.07. The molecule has 2 N–H and O–H groups in total. The van der Waals surface area contributed by atoms with E-state index < -0.39 is 13.0 Å². The molecule has 0 aromatic heterocycles. The van der Waals surface area contributed by atoms with Gasteiger partial charge in [-0.05, 0) is 74.2 Å². The van der Waals surface area contributed by atoms with Crippen molar-refractivity contribution in [2.24, 2.45) is 17.8 Å². The zero-order valence-electron chi connectivity index (χ0n) is 18.7. The summed E-state index contributed by atoms with van der Waals surface area (Å²) in [6.07, 6.45) is 4.91. The van der Waals surface area contributed by atoms with Crippen LogP contribution in [0.15, 0.2) is 34.9 Å². The smallest absolute Gasteiger partial charge is 0.455 e. The van der Waals surface area contributed by atoms with Gasteiger partial charge in [-0.1, -0.05) is 35.7 Å². The molecule has 3 aliphatic rings. The molecule has 4 rings (SSSR count). The van der Waals surface area contributed by atoms with Gasteiger partial charge in [0.2, 0.25) is 11.8 Å². The summed E-state index contributed by atoms with van der Waals surface area (Å²) in [4.78, 5) is 26.6. The maximum absolute atomic E-state index is 12.8. The number of hydrogen-bond donors (Lipinski definition) is 2. The molecule has 170 valence electrons. The number of likely N-dealkylation sites (tertiary alicyclic amines) is 1. The van der Waals surface area contributed by atoms with Crippen molar-refractivity contribution < 1.29 is 24.4 Å². The number of allylic oxidation sites excluding steroid dienone is 2. The van der Waals surface area contributed by atoms with Gasteiger partial charge in [-0.15, -0.1) is 0 Å². The molecule has 0 bridgehead atoms. The Morgan fingerprint density at radius 3 is 2.75 bits per heavy atom. The third-order valence-corrected chi connectivity index (χ3v) is 7.53. The monoisotopic (exact) mass is 457 g/mol. The van der Waals surface area contributed by atoms with E-state index >= 15 is 0 Å². The molecule has 0 spiro atoms. The SMILES string of the molecule is CC/C(=C\c1ccc(O)cc1Cl)CC[C@H]1OB(O)C[C@H]2C1=C(C)C[C@H]1C(=O)N(C)C(=O)[C@H]12. The lowest BCUT2D eigenvalue weighted by molar-refractivity contribution is -0.138. The first-order valence-corrected chi connectivity index (χ1v) is 11.6. The van der Waals surface area contributed by atoms with Crippen molar-refractivity contribution >= 4 is 36.6 Å². The first-order chi connectivity index (χ1) is 15.2. The Kier molecular flexibility index (Phi) is 6.52. The van der Waals surface area contributed by atoms with Gasteiger partial charge >= 0.3 is 7.12 Å². The van der Waals surface area contributed by atoms with Gasteiger partial charge in [0, 0.05) is 7.05 Å². The standard InChI is InChI=1S/C24H29BClNO5/c1-4-14(10-15-6-7-16(28)11-19(15)26)5-8-20-21-13(2)9-17-22(18(21)12-25(31)32-20)24(30)27(3)23(17)29/h6-7,10-11,17-18,20,22,28,31H,4-5,8-9,12H2,1-3H3/b14-10+/t17-,18+,20-,22-/m1/s1. The van der Waals surface area contributed by atoms with Crippen molar-refractivity contribution in [3.63, 3.8) is 0 Å². The second-order valence-corrected chi connectivity index (χ2v) is 9.54. The first-order valence-electron chi connectivity index (χ1n) is 11.2. The van der Waals surface area contributed by atoms with Crippen LogP contribution in [0.2, 0.25) is 11.3 Å². The number of aromatic hydroxyl groups is 1. The third kappa shape index (κ3) is 4.14. The molecule has 2 saturated heterocycles. The molecule has 1 aliphatic carbocycles. The van der Waals surface area contributed by atoms with Crippen LogP contribution in [0.25, 0.3) is 6.08 Å². The zero-order valence-corrected chi connectivity index (χ0v) is 19.4. The molecule has 2 heterocycles. The van der Waals surface area contributed by atoms with Gasteiger partial charge in [-0.2, -0.15) is 0 Å². The molecule has 6 nitrogen and oxygen atoms in total. The van der Waals surface area contributed by atoms with Crippen LogP contribution in [0.3, 0.4) is 0 Å². The van der Waals surface area contributed by atoms with Gasteiger partial charge in [0.25, 0.3) is 0 Å². The van der Waals surface area contributed by atoms with E-state index in [-0.39, 0.29) is 35.5 Å². The van der Waals surface area contributed by atoms with E-state index in [1.165, 1.54) is 16.5 Å². The minimum atomic E-state index is -0.949. The van der Waals surface area contributed by atoms with Gasteiger partial charge in [-0.3, -0.25) is 14.5 Å². The Balaban J connectivity index is 1.56. The number of phenolic OH excluding ortho intramolecular Hbond substituents is 1. The molecule has 0 radical (unpaired) electrons. The summed E-state index contributed by atoms with van der Waals surface area (Å²) in [5, 5.41) is 20.5. The van der Waals surface area contributed by atoms with Crippen molar-refractivity contribution in [3.05, 3.63) is 45.5 Å². The number of fused-ring (bicyclic) bond motifs is 3. The van der Waals surface area contributed by atoms with E-state index in [1.54, 1.807) is 19.2 Å². The Bertz CT molecular complexity index is 1010. The summed E-state index contributed by atoms with van der Waals surface area (Å²) in [5.74, 6) is -1.01. The highest BCUT2D eigenvalue weighted by molar-refractivity contribution is 6.43. The maximum atomic E-state index is 12.8. The summed E-state index contributed by atoms with van der Waals surface area (Å²) in [5.41, 5.74) is 4.22. The molecule has 0 unspecified atom stereocenters. The summed E-state index contributed by atoms with van der Waals surface area (Å²) >= 11 is 6.26. The van der Waals surface area contributed by atoms with Crippen molar-refractivity contribution in [1.29, 1.82) is 0 Å². The second-order valence-electron chi connectivity index (χ2n) is 9.13. The summed E-state index contributed by atoms with van der Waals surface area (Å²) in [7, 11) is 0.604. The number of phenols is 1. The molecule has 2 amide bonds. The highest BCUT2D eigenvalue weighted by Crippen LogP contribution is 2.50. The fourth-order valence-electron chi connectivity index (χ4n) is 5.60. The Morgan fingerprint density at radius 1 is 1.31 bits per heavy atom. The predicted molar refractivity (Wildman–Crippen MR) is 124 cm³/mol. The van der Waals surface area contributed by atoms with Crippen LogP contribution in [-0.2, 0) is 14.2 Å². The Hall–Kier alpha value is -2.09. The van der Waals surface area contributed by atoms with Crippen LogP contribution in [0.1, 0.15) is 45.1 Å². The van der Waals surface area contributed by atoms with Crippen molar-refractivity contribution in [3.8, 4) is 5.75 Å². The van der Waals surface area contributed by atoms with Crippen molar-refractivity contribution in [1.82, 2.24) is 4.90 Å². The average Bonchev–Trinajstić information content (AvgIpc) is 2.96. The van der Waals surface area contributed by atoms with Crippen molar-refractivity contribution in [2.75, 3.05) is 7.05 Å². The second kappa shape index (κ2) is 9.04. The summed E-state index contributed by atoms with van der Waals surface area (Å²) < 4.78 is 5.95. The molecule has 4 atom stereocenters. The fraction of sp³-hybridized carbons (Fsp3) is 0.500. The van der Waals surface area contributed by atoms with E-state index in [2.05, 4.69) is 6.92 Å². The number of nitrogens with zero attached hydrogens (tertiary/aromatic N) is 1. The summed E-state index contributed by atoms with van der Waals surface area (Å²) in [6, 6.07) is 4.92. The number of imide groups is 1. The van der Waals surface area contributed by atoms with Gasteiger partial charge in [0.15, 0.2) is 0 Å². The van der Waals surface area contributed by atoms with Gasteiger partial charge in [0.1, 0.15) is 5.75 Å². The Labute approximate surface area is 194 Å². The number of hydrogen-bond acceptors (Lipinski definition) is 5. The molecular weight excluding hydrogens is 429 g/mol. The lowest BCUT2D eigenvalue weighted by Crippen LogP contribution is -2.45. The lowest BCUT2D eigenvalue weighted by Gasteiger charge is -2.42. The summed E-state index contributed by atoms with van der Waals surface area (Å²) in [6.45, 7) is 4.10. The number of benzene rings is 1. The van der Waals surface area contributed by atoms with Gasteiger partial charge in [-0.25, -0.2) is 0 Å². The van der Waals surface area contributed by atoms with E-state index in [9.17, 15) is 19.7 Å². The third-order valence-electron chi connectivity index (χ3n) is 7.20. The number of carbonyl (C=O) groups excluding carboxylic acids is 2. The van der Waals surface area contributed by atoms with E-state index in [1.807, 2.05) is 13.0 Å². The van der Waals surface area contributed by atoms with E-state index in [0.29, 0.717) is 24.2 Å². The van der Waals surface area contributed by atoms with Crippen LogP contribution in [0.4, 0.5) is 0 Å². The average molecular weight is 458 g/mol. The molecule has 8 heteroatoms. The zero-order chi connectivity index (χ0) is 23.2. The molecular formula is C24H29BClNO5. The number of carbonyl (C=O) groups is 2. The van der Waals surface area contributed by atoms with E-state index in [0.717, 1.165) is 29.6 Å². The quantitative estimate of drug-likeness (QED) is 0.395. The number of amides is 2. The van der Waals surface area contributed by atoms with E-state index in [4.69, 9.17) is 16.3 Å². The fourth-order valence-corrected chi connectivity index (χ4v) is 5.83. The lowest BCUT2D eigenvalue weighted by atomic mass is 9.59. The molecule has 32 heavy (non-hydrogen) atoms. The van der Waals surface area contributed by atoms with Crippen LogP contribution < -0.4 is 0 Å². The largest absolute Gasteiger partial charge is 0.508 e. The molecule has 1 aromatic rings. The minimum Gasteiger partial charge on any atom is -0.508 e. The number of halogens is 1. The van der Waals surface area contributed by atoms with Gasteiger partial charge < -0.3 is 14.8 Å². The molecule has 1 aromatic carbocycles. The number of rotatable bonds is 5. The van der Waals surface area contributed by atoms with Crippen LogP contribution >= 0.6 is 11.6 Å². The van der Waals surface area contributed by atoms with Crippen LogP contribution in [-0.4, -0.2) is 47.1 Å². The normalized spacial score (nSPS) is 28.3. The van der Waals surface area contributed by atoms with Crippen molar-refractivity contribution in [2.45, 2.75) is 52.0 Å². The molecule has 2 aliphatic heterocycles. The highest BCUT2D eigenvalue weighted by atomic mass is 35.5. The maximum Gasteiger partial charge on any atom is 0.455 e.